The number of aryl methyl sites for hydroxylation is 1. The van der Waals surface area contributed by atoms with E-state index < -0.39 is 5.54 Å². The lowest BCUT2D eigenvalue weighted by Crippen LogP contribution is -2.50. The third-order valence-corrected chi connectivity index (χ3v) is 6.52. The standard InChI is InChI=1S/C20H27N9O2/c1-14-21-19(25-31-14)20(10-4-2-3-5-11-20)22-18(30)15-8-12-28(13-9-15)17-7-6-16-23-26-27-29(16)24-17/h6-7,15H,2-5,8-13H2,1H3,(H,22,30). The van der Waals surface area contributed by atoms with Gasteiger partial charge in [-0.1, -0.05) is 30.8 Å². The van der Waals surface area contributed by atoms with Gasteiger partial charge in [-0.25, -0.2) is 0 Å². The molecule has 0 aromatic carbocycles. The number of fused-ring (bicyclic) bond motifs is 1. The summed E-state index contributed by atoms with van der Waals surface area (Å²) in [5.74, 6) is 2.03. The molecular weight excluding hydrogens is 398 g/mol. The van der Waals surface area contributed by atoms with Crippen molar-refractivity contribution < 1.29 is 9.32 Å². The fourth-order valence-electron chi connectivity index (χ4n) is 4.75. The molecule has 0 atom stereocenters. The Bertz CT molecular complexity index is 1050. The van der Waals surface area contributed by atoms with Crippen LogP contribution in [-0.4, -0.2) is 54.4 Å². The molecule has 2 aliphatic rings. The van der Waals surface area contributed by atoms with E-state index in [2.05, 4.69) is 41.0 Å². The third-order valence-electron chi connectivity index (χ3n) is 6.52. The summed E-state index contributed by atoms with van der Waals surface area (Å²) < 4.78 is 6.68. The maximum absolute atomic E-state index is 13.3. The molecule has 1 amide bonds. The highest BCUT2D eigenvalue weighted by Gasteiger charge is 2.40. The Kier molecular flexibility index (Phi) is 5.24. The number of nitrogens with zero attached hydrogens (tertiary/aromatic N) is 8. The minimum absolute atomic E-state index is 0.0406. The Morgan fingerprint density at radius 3 is 2.65 bits per heavy atom. The summed E-state index contributed by atoms with van der Waals surface area (Å²) in [5.41, 5.74) is 0.0956. The van der Waals surface area contributed by atoms with Gasteiger partial charge >= 0.3 is 0 Å². The molecule has 5 rings (SSSR count). The van der Waals surface area contributed by atoms with E-state index in [0.29, 0.717) is 17.4 Å². The average Bonchev–Trinajstić information content (AvgIpc) is 3.38. The lowest BCUT2D eigenvalue weighted by molar-refractivity contribution is -0.128. The zero-order valence-corrected chi connectivity index (χ0v) is 17.7. The topological polar surface area (TPSA) is 127 Å². The van der Waals surface area contributed by atoms with Gasteiger partial charge in [-0.3, -0.25) is 4.79 Å². The van der Waals surface area contributed by atoms with Gasteiger partial charge in [0.1, 0.15) is 5.54 Å². The number of hydrogen-bond acceptors (Lipinski definition) is 9. The van der Waals surface area contributed by atoms with Crippen molar-refractivity contribution in [3.8, 4) is 0 Å². The highest BCUT2D eigenvalue weighted by Crippen LogP contribution is 2.35. The van der Waals surface area contributed by atoms with Crippen molar-refractivity contribution in [2.75, 3.05) is 18.0 Å². The van der Waals surface area contributed by atoms with E-state index in [0.717, 1.165) is 57.4 Å². The predicted octanol–water partition coefficient (Wildman–Crippen LogP) is 1.79. The summed E-state index contributed by atoms with van der Waals surface area (Å²) in [4.78, 5) is 20.0. The predicted molar refractivity (Wildman–Crippen MR) is 110 cm³/mol. The van der Waals surface area contributed by atoms with E-state index >= 15 is 0 Å². The van der Waals surface area contributed by atoms with Crippen LogP contribution in [0.3, 0.4) is 0 Å². The molecule has 3 aromatic rings. The van der Waals surface area contributed by atoms with E-state index in [1.165, 1.54) is 17.5 Å². The van der Waals surface area contributed by atoms with E-state index in [1.54, 1.807) is 6.92 Å². The smallest absolute Gasteiger partial charge is 0.224 e. The SMILES string of the molecule is Cc1nc(C2(NC(=O)C3CCN(c4ccc5nnnn5n4)CC3)CCCCCC2)no1. The second-order valence-corrected chi connectivity index (χ2v) is 8.60. The van der Waals surface area contributed by atoms with Crippen LogP contribution in [0.2, 0.25) is 0 Å². The van der Waals surface area contributed by atoms with Gasteiger partial charge in [-0.05, 0) is 48.2 Å². The molecule has 0 spiro atoms. The number of nitrogens with one attached hydrogen (secondary N) is 1. The number of carbonyl (C=O) groups excluding carboxylic acids is 1. The van der Waals surface area contributed by atoms with Gasteiger partial charge in [0.15, 0.2) is 17.3 Å². The van der Waals surface area contributed by atoms with Gasteiger partial charge in [0.05, 0.1) is 0 Å². The molecule has 1 N–H and O–H groups in total. The summed E-state index contributed by atoms with van der Waals surface area (Å²) in [6, 6.07) is 3.77. The minimum atomic E-state index is -0.519. The molecule has 3 aromatic heterocycles. The first-order valence-electron chi connectivity index (χ1n) is 11.1. The van der Waals surface area contributed by atoms with Crippen molar-refractivity contribution >= 4 is 17.4 Å². The van der Waals surface area contributed by atoms with Crippen molar-refractivity contribution in [2.45, 2.75) is 63.8 Å². The Labute approximate surface area is 179 Å². The number of aromatic nitrogens is 7. The first kappa shape index (κ1) is 19.8. The fourth-order valence-corrected chi connectivity index (χ4v) is 4.75. The monoisotopic (exact) mass is 425 g/mol. The van der Waals surface area contributed by atoms with Crippen molar-refractivity contribution in [1.82, 2.24) is 40.7 Å². The van der Waals surface area contributed by atoms with E-state index in [-0.39, 0.29) is 11.8 Å². The van der Waals surface area contributed by atoms with Gasteiger partial charge in [0.2, 0.25) is 11.8 Å². The number of carbonyl (C=O) groups is 1. The summed E-state index contributed by atoms with van der Waals surface area (Å²) in [7, 11) is 0. The molecule has 0 bridgehead atoms. The van der Waals surface area contributed by atoms with Crippen LogP contribution in [-0.2, 0) is 10.3 Å². The molecule has 1 saturated heterocycles. The molecule has 4 heterocycles. The number of hydrogen-bond donors (Lipinski definition) is 1. The Morgan fingerprint density at radius 1 is 1.16 bits per heavy atom. The van der Waals surface area contributed by atoms with Gasteiger partial charge in [-0.2, -0.15) is 4.98 Å². The first-order valence-corrected chi connectivity index (χ1v) is 11.1. The van der Waals surface area contributed by atoms with Gasteiger partial charge in [0, 0.05) is 25.9 Å². The summed E-state index contributed by atoms with van der Waals surface area (Å²) in [6.45, 7) is 3.30. The van der Waals surface area contributed by atoms with E-state index in [9.17, 15) is 4.79 Å². The average molecular weight is 425 g/mol. The van der Waals surface area contributed by atoms with Crippen molar-refractivity contribution in [3.05, 3.63) is 23.8 Å². The highest BCUT2D eigenvalue weighted by molar-refractivity contribution is 5.80. The molecule has 1 saturated carbocycles. The third kappa shape index (κ3) is 3.96. The van der Waals surface area contributed by atoms with Crippen LogP contribution in [0.5, 0.6) is 0 Å². The molecular formula is C20H27N9O2. The molecule has 0 radical (unpaired) electrons. The van der Waals surface area contributed by atoms with Crippen LogP contribution < -0.4 is 10.2 Å². The van der Waals surface area contributed by atoms with Gasteiger partial charge < -0.3 is 14.7 Å². The minimum Gasteiger partial charge on any atom is -0.355 e. The second kappa shape index (κ2) is 8.20. The largest absolute Gasteiger partial charge is 0.355 e. The number of piperidine rings is 1. The summed E-state index contributed by atoms with van der Waals surface area (Å²) >= 11 is 0. The lowest BCUT2D eigenvalue weighted by Gasteiger charge is -2.36. The van der Waals surface area contributed by atoms with Crippen molar-refractivity contribution in [2.24, 2.45) is 5.92 Å². The number of amides is 1. The van der Waals surface area contributed by atoms with Gasteiger partial charge in [-0.15, -0.1) is 14.8 Å². The molecule has 2 fully saturated rings. The molecule has 164 valence electrons. The zero-order valence-electron chi connectivity index (χ0n) is 17.7. The van der Waals surface area contributed by atoms with Crippen LogP contribution in [0.25, 0.3) is 5.65 Å². The zero-order chi connectivity index (χ0) is 21.3. The lowest BCUT2D eigenvalue weighted by atomic mass is 9.87. The maximum atomic E-state index is 13.3. The summed E-state index contributed by atoms with van der Waals surface area (Å²) in [5, 5.41) is 23.4. The molecule has 0 unspecified atom stereocenters. The first-order chi connectivity index (χ1) is 15.1. The fraction of sp³-hybridized carbons (Fsp3) is 0.650. The number of rotatable bonds is 4. The Morgan fingerprint density at radius 2 is 1.94 bits per heavy atom. The normalized spacial score (nSPS) is 20.0. The van der Waals surface area contributed by atoms with Crippen LogP contribution in [0.15, 0.2) is 16.7 Å². The van der Waals surface area contributed by atoms with E-state index in [1.807, 2.05) is 12.1 Å². The van der Waals surface area contributed by atoms with Crippen LogP contribution in [0, 0.1) is 12.8 Å². The molecule has 1 aliphatic carbocycles. The number of anilines is 1. The molecule has 1 aliphatic heterocycles. The number of tetrazole rings is 1. The summed E-state index contributed by atoms with van der Waals surface area (Å²) in [6.07, 6.45) is 7.69. The second-order valence-electron chi connectivity index (χ2n) is 8.60. The van der Waals surface area contributed by atoms with Gasteiger partial charge in [0.25, 0.3) is 0 Å². The molecule has 31 heavy (non-hydrogen) atoms. The van der Waals surface area contributed by atoms with Crippen LogP contribution in [0.4, 0.5) is 5.82 Å². The Hall–Kier alpha value is -3.11. The molecule has 11 heteroatoms. The van der Waals surface area contributed by atoms with Crippen molar-refractivity contribution in [3.63, 3.8) is 0 Å². The molecule has 11 nitrogen and oxygen atoms in total. The quantitative estimate of drug-likeness (QED) is 0.622. The maximum Gasteiger partial charge on any atom is 0.224 e. The van der Waals surface area contributed by atoms with Crippen molar-refractivity contribution in [1.29, 1.82) is 0 Å². The van der Waals surface area contributed by atoms with Crippen LogP contribution in [0.1, 0.15) is 63.1 Å². The highest BCUT2D eigenvalue weighted by atomic mass is 16.5. The van der Waals surface area contributed by atoms with E-state index in [4.69, 9.17) is 4.52 Å². The van der Waals surface area contributed by atoms with Crippen LogP contribution >= 0.6 is 0 Å². The Balaban J connectivity index is 1.26.